The Morgan fingerprint density at radius 3 is 2.27 bits per heavy atom. The minimum absolute atomic E-state index is 0. The van der Waals surface area contributed by atoms with Gasteiger partial charge in [-0.25, -0.2) is 0 Å². The van der Waals surface area contributed by atoms with E-state index in [1.54, 1.807) is 19.9 Å². The Morgan fingerprint density at radius 2 is 1.59 bits per heavy atom. The van der Waals surface area contributed by atoms with Crippen molar-refractivity contribution in [3.8, 4) is 0 Å². The van der Waals surface area contributed by atoms with Crippen LogP contribution in [0.1, 0.15) is 61.8 Å². The quantitative estimate of drug-likeness (QED) is 0.445. The molecule has 0 spiro atoms. The van der Waals surface area contributed by atoms with Crippen LogP contribution in [0.25, 0.3) is 0 Å². The van der Waals surface area contributed by atoms with Crippen LogP contribution < -0.4 is 4.90 Å². The number of nitrogens with zero attached hydrogens (tertiary/aromatic N) is 3. The minimum atomic E-state index is -4.32. The molecule has 204 valence electrons. The number of unbranched alkanes of at least 4 members (excludes halogenated alkanes) is 2. The SMILES string of the molecule is CC(C)(O)c1ccc2c(c1)CN(C(=O)CCCCCN1CCN(c3cccc(C(F)(F)F)c3)CC1)C2.Cl. The molecule has 2 aliphatic rings. The van der Waals surface area contributed by atoms with Gasteiger partial charge in [0.2, 0.25) is 5.91 Å². The molecule has 0 aliphatic carbocycles. The monoisotopic (exact) mass is 539 g/mol. The van der Waals surface area contributed by atoms with E-state index >= 15 is 0 Å². The molecular weight excluding hydrogens is 503 g/mol. The Balaban J connectivity index is 0.00000380. The van der Waals surface area contributed by atoms with Gasteiger partial charge in [-0.1, -0.05) is 30.7 Å². The number of hydrogen-bond acceptors (Lipinski definition) is 4. The summed E-state index contributed by atoms with van der Waals surface area (Å²) in [5.74, 6) is 0.172. The predicted octanol–water partition coefficient (Wildman–Crippen LogP) is 5.58. The van der Waals surface area contributed by atoms with Gasteiger partial charge in [0.05, 0.1) is 11.2 Å². The summed E-state index contributed by atoms with van der Waals surface area (Å²) in [6.07, 6.45) is -0.950. The zero-order valence-electron chi connectivity index (χ0n) is 21.6. The Bertz CT molecular complexity index is 1060. The molecule has 0 unspecified atom stereocenters. The van der Waals surface area contributed by atoms with Crippen molar-refractivity contribution in [2.75, 3.05) is 37.6 Å². The predicted molar refractivity (Wildman–Crippen MR) is 142 cm³/mol. The topological polar surface area (TPSA) is 47.0 Å². The number of piperazine rings is 1. The van der Waals surface area contributed by atoms with Crippen LogP contribution in [0.15, 0.2) is 42.5 Å². The molecule has 1 amide bonds. The fourth-order valence-electron chi connectivity index (χ4n) is 5.01. The Labute approximate surface area is 223 Å². The first-order valence-corrected chi connectivity index (χ1v) is 12.8. The average molecular weight is 540 g/mol. The summed E-state index contributed by atoms with van der Waals surface area (Å²) in [6, 6.07) is 11.5. The number of alkyl halides is 3. The van der Waals surface area contributed by atoms with Crippen LogP contribution in [-0.4, -0.2) is 53.5 Å². The summed E-state index contributed by atoms with van der Waals surface area (Å²) >= 11 is 0. The fraction of sp³-hybridized carbons (Fsp3) is 0.536. The first-order chi connectivity index (χ1) is 17.0. The average Bonchev–Trinajstić information content (AvgIpc) is 3.27. The lowest BCUT2D eigenvalue weighted by Gasteiger charge is -2.36. The minimum Gasteiger partial charge on any atom is -0.386 e. The van der Waals surface area contributed by atoms with Crippen LogP contribution in [0.5, 0.6) is 0 Å². The van der Waals surface area contributed by atoms with E-state index < -0.39 is 17.3 Å². The van der Waals surface area contributed by atoms with Crippen LogP contribution >= 0.6 is 12.4 Å². The van der Waals surface area contributed by atoms with Gasteiger partial charge < -0.3 is 14.9 Å². The van der Waals surface area contributed by atoms with E-state index in [4.69, 9.17) is 0 Å². The number of anilines is 1. The Kier molecular flexibility index (Phi) is 9.53. The molecule has 2 heterocycles. The lowest BCUT2D eigenvalue weighted by molar-refractivity contribution is -0.137. The number of carbonyl (C=O) groups is 1. The molecule has 2 aromatic rings. The van der Waals surface area contributed by atoms with Crippen LogP contribution in [0.3, 0.4) is 0 Å². The Morgan fingerprint density at radius 1 is 0.892 bits per heavy atom. The van der Waals surface area contributed by atoms with Gasteiger partial charge in [-0.05, 0) is 68.1 Å². The van der Waals surface area contributed by atoms with Gasteiger partial charge in [0.15, 0.2) is 0 Å². The maximum absolute atomic E-state index is 13.0. The fourth-order valence-corrected chi connectivity index (χ4v) is 5.01. The highest BCUT2D eigenvalue weighted by molar-refractivity contribution is 5.85. The highest BCUT2D eigenvalue weighted by Crippen LogP contribution is 2.32. The molecule has 0 bridgehead atoms. The van der Waals surface area contributed by atoms with Gasteiger partial charge in [0, 0.05) is 51.4 Å². The molecule has 4 rings (SSSR count). The number of hydrogen-bond donors (Lipinski definition) is 1. The molecule has 0 radical (unpaired) electrons. The summed E-state index contributed by atoms with van der Waals surface area (Å²) in [5.41, 5.74) is 2.27. The van der Waals surface area contributed by atoms with Crippen molar-refractivity contribution in [1.29, 1.82) is 0 Å². The lowest BCUT2D eigenvalue weighted by atomic mass is 9.95. The summed E-state index contributed by atoms with van der Waals surface area (Å²) in [7, 11) is 0. The molecule has 1 saturated heterocycles. The number of benzene rings is 2. The van der Waals surface area contributed by atoms with Crippen molar-refractivity contribution in [3.05, 3.63) is 64.7 Å². The van der Waals surface area contributed by atoms with Crippen molar-refractivity contribution < 1.29 is 23.1 Å². The summed E-state index contributed by atoms with van der Waals surface area (Å²) in [5, 5.41) is 10.2. The van der Waals surface area contributed by atoms with E-state index in [1.165, 1.54) is 12.1 Å². The normalized spacial score (nSPS) is 16.5. The van der Waals surface area contributed by atoms with Crippen molar-refractivity contribution in [2.45, 2.75) is 64.4 Å². The van der Waals surface area contributed by atoms with Gasteiger partial charge in [0.1, 0.15) is 0 Å². The molecule has 2 aliphatic heterocycles. The third kappa shape index (κ3) is 7.62. The van der Waals surface area contributed by atoms with E-state index in [1.807, 2.05) is 28.0 Å². The molecule has 1 N–H and O–H groups in total. The molecule has 9 heteroatoms. The smallest absolute Gasteiger partial charge is 0.386 e. The number of carbonyl (C=O) groups excluding carboxylic acids is 1. The maximum Gasteiger partial charge on any atom is 0.416 e. The molecule has 5 nitrogen and oxygen atoms in total. The molecule has 0 saturated carbocycles. The third-order valence-corrected chi connectivity index (χ3v) is 7.26. The van der Waals surface area contributed by atoms with Gasteiger partial charge in [-0.3, -0.25) is 9.69 Å². The lowest BCUT2D eigenvalue weighted by Crippen LogP contribution is -2.46. The van der Waals surface area contributed by atoms with Crippen molar-refractivity contribution in [1.82, 2.24) is 9.80 Å². The Hall–Kier alpha value is -2.29. The molecule has 1 fully saturated rings. The highest BCUT2D eigenvalue weighted by Gasteiger charge is 2.31. The van der Waals surface area contributed by atoms with E-state index in [-0.39, 0.29) is 18.3 Å². The van der Waals surface area contributed by atoms with Gasteiger partial charge >= 0.3 is 6.18 Å². The van der Waals surface area contributed by atoms with Crippen LogP contribution in [0, 0.1) is 0 Å². The zero-order chi connectivity index (χ0) is 25.9. The number of rotatable bonds is 8. The maximum atomic E-state index is 13.0. The molecular formula is C28H37ClF3N3O2. The molecule has 37 heavy (non-hydrogen) atoms. The second-order valence-electron chi connectivity index (χ2n) is 10.5. The van der Waals surface area contributed by atoms with Gasteiger partial charge in [0.25, 0.3) is 0 Å². The summed E-state index contributed by atoms with van der Waals surface area (Å²) < 4.78 is 39.0. The zero-order valence-corrected chi connectivity index (χ0v) is 22.4. The third-order valence-electron chi connectivity index (χ3n) is 7.26. The van der Waals surface area contributed by atoms with Crippen LogP contribution in [0.4, 0.5) is 18.9 Å². The standard InChI is InChI=1S/C28H36F3N3O2.ClH/c1-27(2,36)23-11-10-21-19-34(20-22(21)17-23)26(35)9-4-3-5-12-32-13-15-33(16-14-32)25-8-6-7-24(18-25)28(29,30)31;/h6-8,10-11,17-18,36H,3-5,9,12-16,19-20H2,1-2H3;1H. The molecule has 2 aromatic carbocycles. The number of amides is 1. The number of fused-ring (bicyclic) bond motifs is 1. The van der Waals surface area contributed by atoms with Gasteiger partial charge in [-0.15, -0.1) is 12.4 Å². The van der Waals surface area contributed by atoms with Crippen molar-refractivity contribution >= 4 is 24.0 Å². The highest BCUT2D eigenvalue weighted by atomic mass is 35.5. The first-order valence-electron chi connectivity index (χ1n) is 12.8. The first kappa shape index (κ1) is 29.3. The van der Waals surface area contributed by atoms with Crippen molar-refractivity contribution in [3.63, 3.8) is 0 Å². The van der Waals surface area contributed by atoms with Crippen LogP contribution in [0.2, 0.25) is 0 Å². The second-order valence-corrected chi connectivity index (χ2v) is 10.5. The van der Waals surface area contributed by atoms with Crippen molar-refractivity contribution in [2.24, 2.45) is 0 Å². The van der Waals surface area contributed by atoms with Gasteiger partial charge in [-0.2, -0.15) is 13.2 Å². The number of aliphatic hydroxyl groups is 1. The van der Waals surface area contributed by atoms with E-state index in [0.29, 0.717) is 38.3 Å². The molecule has 0 atom stereocenters. The second kappa shape index (κ2) is 12.0. The number of halogens is 4. The summed E-state index contributed by atoms with van der Waals surface area (Å²) in [6.45, 7) is 8.80. The summed E-state index contributed by atoms with van der Waals surface area (Å²) in [4.78, 5) is 19.0. The van der Waals surface area contributed by atoms with E-state index in [2.05, 4.69) is 4.90 Å². The van der Waals surface area contributed by atoms with Crippen LogP contribution in [-0.2, 0) is 29.7 Å². The van der Waals surface area contributed by atoms with E-state index in [0.717, 1.165) is 61.7 Å². The van der Waals surface area contributed by atoms with E-state index in [9.17, 15) is 23.1 Å². The molecule has 0 aromatic heterocycles. The largest absolute Gasteiger partial charge is 0.416 e.